The Morgan fingerprint density at radius 1 is 1.11 bits per heavy atom. The zero-order chi connectivity index (χ0) is 12.6. The van der Waals surface area contributed by atoms with Crippen LogP contribution in [0.5, 0.6) is 0 Å². The summed E-state index contributed by atoms with van der Waals surface area (Å²) in [4.78, 5) is 6.92. The lowest BCUT2D eigenvalue weighted by atomic mass is 10.3. The number of guanidine groups is 1. The lowest BCUT2D eigenvalue weighted by molar-refractivity contribution is 0.804. The first-order valence-corrected chi connectivity index (χ1v) is 7.63. The molecule has 19 heavy (non-hydrogen) atoms. The molecular weight excluding hydrogens is 389 g/mol. The van der Waals surface area contributed by atoms with E-state index in [0.29, 0.717) is 0 Å². The highest BCUT2D eigenvalue weighted by atomic mass is 127. The third-order valence-corrected chi connectivity index (χ3v) is 4.29. The number of hydrogen-bond acceptors (Lipinski definition) is 3. The normalized spacial score (nSPS) is 10.9. The van der Waals surface area contributed by atoms with Crippen LogP contribution in [-0.4, -0.2) is 19.6 Å². The first-order valence-electron chi connectivity index (χ1n) is 5.88. The molecular formula is C13H18IN3S2. The molecule has 2 heterocycles. The second-order valence-corrected chi connectivity index (χ2v) is 5.83. The van der Waals surface area contributed by atoms with Crippen LogP contribution >= 0.6 is 46.7 Å². The topological polar surface area (TPSA) is 36.4 Å². The van der Waals surface area contributed by atoms with Gasteiger partial charge < -0.3 is 10.6 Å². The number of thiophene rings is 2. The zero-order valence-corrected chi connectivity index (χ0v) is 14.7. The highest BCUT2D eigenvalue weighted by Crippen LogP contribution is 2.08. The largest absolute Gasteiger partial charge is 0.356 e. The van der Waals surface area contributed by atoms with Gasteiger partial charge in [-0.05, 0) is 29.3 Å². The monoisotopic (exact) mass is 407 g/mol. The lowest BCUT2D eigenvalue weighted by Gasteiger charge is -2.10. The van der Waals surface area contributed by atoms with Crippen molar-refractivity contribution in [1.29, 1.82) is 0 Å². The molecule has 0 saturated carbocycles. The Bertz CT molecular complexity index is 466. The van der Waals surface area contributed by atoms with E-state index in [1.807, 2.05) is 0 Å². The predicted octanol–water partition coefficient (Wildman–Crippen LogP) is 3.34. The number of nitrogens with zero attached hydrogens (tertiary/aromatic N) is 1. The summed E-state index contributed by atoms with van der Waals surface area (Å²) in [6.07, 6.45) is 1.04. The molecule has 0 spiro atoms. The fourth-order valence-corrected chi connectivity index (χ4v) is 2.92. The van der Waals surface area contributed by atoms with Crippen molar-refractivity contribution < 1.29 is 0 Å². The first kappa shape index (κ1) is 16.5. The molecule has 2 aromatic heterocycles. The van der Waals surface area contributed by atoms with Crippen LogP contribution < -0.4 is 10.6 Å². The second kappa shape index (κ2) is 9.33. The van der Waals surface area contributed by atoms with Gasteiger partial charge >= 0.3 is 0 Å². The van der Waals surface area contributed by atoms with E-state index in [2.05, 4.69) is 50.7 Å². The van der Waals surface area contributed by atoms with Crippen LogP contribution in [0.15, 0.2) is 40.0 Å². The minimum Gasteiger partial charge on any atom is -0.356 e. The van der Waals surface area contributed by atoms with Crippen molar-refractivity contribution in [3.63, 3.8) is 0 Å². The Labute approximate surface area is 139 Å². The molecule has 0 atom stereocenters. The van der Waals surface area contributed by atoms with Crippen molar-refractivity contribution in [2.75, 3.05) is 13.6 Å². The summed E-state index contributed by atoms with van der Waals surface area (Å²) >= 11 is 3.55. The molecule has 104 valence electrons. The van der Waals surface area contributed by atoms with Crippen molar-refractivity contribution in [1.82, 2.24) is 10.6 Å². The fourth-order valence-electron chi connectivity index (χ4n) is 1.56. The van der Waals surface area contributed by atoms with E-state index in [0.717, 1.165) is 25.5 Å². The molecule has 0 aromatic carbocycles. The van der Waals surface area contributed by atoms with E-state index in [-0.39, 0.29) is 24.0 Å². The van der Waals surface area contributed by atoms with Crippen LogP contribution in [0.25, 0.3) is 0 Å². The van der Waals surface area contributed by atoms with Gasteiger partial charge in [0.25, 0.3) is 0 Å². The van der Waals surface area contributed by atoms with Crippen LogP contribution in [0.3, 0.4) is 0 Å². The maximum atomic E-state index is 4.21. The van der Waals surface area contributed by atoms with Crippen molar-refractivity contribution in [2.24, 2.45) is 4.99 Å². The molecule has 0 radical (unpaired) electrons. The van der Waals surface area contributed by atoms with Crippen LogP contribution in [0.2, 0.25) is 0 Å². The molecule has 2 rings (SSSR count). The average Bonchev–Trinajstić information content (AvgIpc) is 3.06. The van der Waals surface area contributed by atoms with Gasteiger partial charge in [0.2, 0.25) is 0 Å². The molecule has 0 aliphatic heterocycles. The minimum absolute atomic E-state index is 0. The Hall–Kier alpha value is -0.600. The molecule has 0 saturated heterocycles. The van der Waals surface area contributed by atoms with Gasteiger partial charge in [0, 0.05) is 23.3 Å². The fraction of sp³-hybridized carbons (Fsp3) is 0.308. The molecule has 0 aliphatic rings. The van der Waals surface area contributed by atoms with Gasteiger partial charge in [0.15, 0.2) is 5.96 Å². The van der Waals surface area contributed by atoms with Crippen molar-refractivity contribution in [2.45, 2.75) is 13.0 Å². The number of nitrogens with one attached hydrogen (secondary N) is 2. The van der Waals surface area contributed by atoms with Gasteiger partial charge in [-0.2, -0.15) is 0 Å². The molecule has 3 nitrogen and oxygen atoms in total. The summed E-state index contributed by atoms with van der Waals surface area (Å²) in [6, 6.07) is 8.43. The Morgan fingerprint density at radius 3 is 2.37 bits per heavy atom. The smallest absolute Gasteiger partial charge is 0.191 e. The summed E-state index contributed by atoms with van der Waals surface area (Å²) in [6.45, 7) is 1.74. The second-order valence-electron chi connectivity index (χ2n) is 3.76. The van der Waals surface area contributed by atoms with Crippen LogP contribution in [-0.2, 0) is 13.0 Å². The minimum atomic E-state index is 0. The Kier molecular flexibility index (Phi) is 8.08. The maximum Gasteiger partial charge on any atom is 0.191 e. The molecule has 0 unspecified atom stereocenters. The van der Waals surface area contributed by atoms with Crippen LogP contribution in [0.1, 0.15) is 9.75 Å². The van der Waals surface area contributed by atoms with E-state index in [4.69, 9.17) is 0 Å². The molecule has 0 amide bonds. The van der Waals surface area contributed by atoms with E-state index in [1.165, 1.54) is 9.75 Å². The van der Waals surface area contributed by atoms with Crippen LogP contribution in [0.4, 0.5) is 0 Å². The highest BCUT2D eigenvalue weighted by Gasteiger charge is 1.99. The maximum absolute atomic E-state index is 4.21. The van der Waals surface area contributed by atoms with E-state index >= 15 is 0 Å². The third-order valence-electron chi connectivity index (χ3n) is 2.48. The van der Waals surface area contributed by atoms with Gasteiger partial charge in [-0.1, -0.05) is 12.1 Å². The molecule has 0 aliphatic carbocycles. The predicted molar refractivity (Wildman–Crippen MR) is 96.0 cm³/mol. The summed E-state index contributed by atoms with van der Waals surface area (Å²) < 4.78 is 0. The quantitative estimate of drug-likeness (QED) is 0.453. The summed E-state index contributed by atoms with van der Waals surface area (Å²) in [5, 5.41) is 10.8. The highest BCUT2D eigenvalue weighted by molar-refractivity contribution is 14.0. The number of hydrogen-bond donors (Lipinski definition) is 2. The molecule has 0 fully saturated rings. The molecule has 0 bridgehead atoms. The van der Waals surface area contributed by atoms with Crippen molar-refractivity contribution in [3.8, 4) is 0 Å². The summed E-state index contributed by atoms with van der Waals surface area (Å²) in [5.74, 6) is 0.861. The van der Waals surface area contributed by atoms with Crippen molar-refractivity contribution in [3.05, 3.63) is 44.8 Å². The van der Waals surface area contributed by atoms with Crippen molar-refractivity contribution >= 4 is 52.6 Å². The summed E-state index contributed by atoms with van der Waals surface area (Å²) in [7, 11) is 1.80. The number of rotatable bonds is 5. The standard InChI is InChI=1S/C13H17N3S2.HI/c1-14-13(16-10-12-5-3-9-18-12)15-7-6-11-4-2-8-17-11;/h2-5,8-9H,6-7,10H2,1H3,(H2,14,15,16);1H. The van der Waals surface area contributed by atoms with Crippen LogP contribution in [0, 0.1) is 0 Å². The molecule has 6 heteroatoms. The zero-order valence-electron chi connectivity index (χ0n) is 10.8. The number of halogens is 1. The van der Waals surface area contributed by atoms with E-state index in [9.17, 15) is 0 Å². The van der Waals surface area contributed by atoms with E-state index < -0.39 is 0 Å². The number of aliphatic imine (C=N–C) groups is 1. The summed E-state index contributed by atoms with van der Waals surface area (Å²) in [5.41, 5.74) is 0. The first-order chi connectivity index (χ1) is 8.88. The third kappa shape index (κ3) is 5.92. The SMILES string of the molecule is CN=C(NCCc1cccs1)NCc1cccs1.I. The molecule has 2 N–H and O–H groups in total. The van der Waals surface area contributed by atoms with Gasteiger partial charge in [0.1, 0.15) is 0 Å². The van der Waals surface area contributed by atoms with Gasteiger partial charge in [0.05, 0.1) is 6.54 Å². The van der Waals surface area contributed by atoms with Gasteiger partial charge in [-0.3, -0.25) is 4.99 Å². The Morgan fingerprint density at radius 2 is 1.79 bits per heavy atom. The lowest BCUT2D eigenvalue weighted by Crippen LogP contribution is -2.37. The average molecular weight is 407 g/mol. The van der Waals surface area contributed by atoms with E-state index in [1.54, 1.807) is 29.7 Å². The molecule has 2 aromatic rings. The Balaban J connectivity index is 0.00000180. The van der Waals surface area contributed by atoms with Gasteiger partial charge in [-0.25, -0.2) is 0 Å². The van der Waals surface area contributed by atoms with Gasteiger partial charge in [-0.15, -0.1) is 46.7 Å².